The number of hydrogen-bond donors (Lipinski definition) is 1. The number of halogens is 2. The number of anilines is 1. The SMILES string of the molecule is COc1ccc(-c2cc(CC(=O)Nc3cc(F)ccc3F)no2)cc1OC. The molecule has 140 valence electrons. The summed E-state index contributed by atoms with van der Waals surface area (Å²) in [6.07, 6.45) is -0.160. The number of hydrogen-bond acceptors (Lipinski definition) is 5. The molecule has 0 aliphatic heterocycles. The van der Waals surface area contributed by atoms with Crippen molar-refractivity contribution in [3.8, 4) is 22.8 Å². The molecule has 1 N–H and O–H groups in total. The summed E-state index contributed by atoms with van der Waals surface area (Å²) in [6.45, 7) is 0. The minimum Gasteiger partial charge on any atom is -0.493 e. The number of carbonyl (C=O) groups excluding carboxylic acids is 1. The highest BCUT2D eigenvalue weighted by atomic mass is 19.1. The summed E-state index contributed by atoms with van der Waals surface area (Å²) >= 11 is 0. The molecule has 2 aromatic carbocycles. The van der Waals surface area contributed by atoms with E-state index >= 15 is 0 Å². The van der Waals surface area contributed by atoms with Crippen molar-refractivity contribution < 1.29 is 27.6 Å². The first kappa shape index (κ1) is 18.4. The Kier molecular flexibility index (Phi) is 5.35. The molecular weight excluding hydrogens is 358 g/mol. The maximum absolute atomic E-state index is 13.6. The van der Waals surface area contributed by atoms with Crippen LogP contribution in [0.3, 0.4) is 0 Å². The standard InChI is InChI=1S/C19H16F2N2O4/c1-25-16-6-3-11(7-18(16)26-2)17-9-13(23-27-17)10-19(24)22-15-8-12(20)4-5-14(15)21/h3-9H,10H2,1-2H3,(H,22,24). The molecule has 1 aromatic heterocycles. The Morgan fingerprint density at radius 3 is 2.59 bits per heavy atom. The van der Waals surface area contributed by atoms with E-state index in [2.05, 4.69) is 10.5 Å². The van der Waals surface area contributed by atoms with Crippen LogP contribution in [-0.2, 0) is 11.2 Å². The first-order chi connectivity index (χ1) is 13.0. The number of methoxy groups -OCH3 is 2. The average Bonchev–Trinajstić information content (AvgIpc) is 3.12. The fraction of sp³-hybridized carbons (Fsp3) is 0.158. The van der Waals surface area contributed by atoms with Crippen molar-refractivity contribution in [1.82, 2.24) is 5.16 Å². The number of ether oxygens (including phenoxy) is 2. The quantitative estimate of drug-likeness (QED) is 0.710. The molecule has 6 nitrogen and oxygen atoms in total. The van der Waals surface area contributed by atoms with Gasteiger partial charge in [0.1, 0.15) is 11.6 Å². The highest BCUT2D eigenvalue weighted by molar-refractivity contribution is 5.92. The van der Waals surface area contributed by atoms with Gasteiger partial charge >= 0.3 is 0 Å². The average molecular weight is 374 g/mol. The van der Waals surface area contributed by atoms with Crippen LogP contribution >= 0.6 is 0 Å². The highest BCUT2D eigenvalue weighted by Gasteiger charge is 2.14. The Bertz CT molecular complexity index is 972. The number of nitrogens with zero attached hydrogens (tertiary/aromatic N) is 1. The lowest BCUT2D eigenvalue weighted by atomic mass is 10.1. The monoisotopic (exact) mass is 374 g/mol. The van der Waals surface area contributed by atoms with Crippen LogP contribution in [0.5, 0.6) is 11.5 Å². The largest absolute Gasteiger partial charge is 0.493 e. The molecule has 1 heterocycles. The van der Waals surface area contributed by atoms with Gasteiger partial charge in [0, 0.05) is 17.7 Å². The van der Waals surface area contributed by atoms with E-state index in [9.17, 15) is 13.6 Å². The summed E-state index contributed by atoms with van der Waals surface area (Å²) < 4.78 is 42.4. The van der Waals surface area contributed by atoms with E-state index in [-0.39, 0.29) is 12.1 Å². The Hall–Kier alpha value is -3.42. The second-order valence-corrected chi connectivity index (χ2v) is 5.60. The number of rotatable bonds is 6. The molecule has 3 rings (SSSR count). The van der Waals surface area contributed by atoms with Gasteiger partial charge in [-0.1, -0.05) is 5.16 Å². The maximum atomic E-state index is 13.6. The van der Waals surface area contributed by atoms with E-state index in [1.807, 2.05) is 0 Å². The normalized spacial score (nSPS) is 10.5. The van der Waals surface area contributed by atoms with Crippen molar-refractivity contribution in [3.05, 3.63) is 59.8 Å². The van der Waals surface area contributed by atoms with E-state index in [0.29, 0.717) is 28.5 Å². The molecule has 8 heteroatoms. The number of benzene rings is 2. The third-order valence-electron chi connectivity index (χ3n) is 3.77. The van der Waals surface area contributed by atoms with Crippen LogP contribution in [-0.4, -0.2) is 25.3 Å². The lowest BCUT2D eigenvalue weighted by Gasteiger charge is -2.07. The van der Waals surface area contributed by atoms with Gasteiger partial charge in [0.25, 0.3) is 0 Å². The van der Waals surface area contributed by atoms with E-state index < -0.39 is 17.5 Å². The van der Waals surface area contributed by atoms with Gasteiger partial charge in [0.2, 0.25) is 5.91 Å². The van der Waals surface area contributed by atoms with Crippen molar-refractivity contribution >= 4 is 11.6 Å². The van der Waals surface area contributed by atoms with Gasteiger partial charge in [0.15, 0.2) is 17.3 Å². The molecule has 0 aliphatic rings. The Labute approximate surface area is 153 Å². The number of amides is 1. The summed E-state index contributed by atoms with van der Waals surface area (Å²) in [4.78, 5) is 12.1. The smallest absolute Gasteiger partial charge is 0.230 e. The Balaban J connectivity index is 1.72. The molecule has 0 bridgehead atoms. The molecule has 0 saturated carbocycles. The number of aromatic nitrogens is 1. The van der Waals surface area contributed by atoms with Crippen molar-refractivity contribution in [2.75, 3.05) is 19.5 Å². The zero-order chi connectivity index (χ0) is 19.4. The maximum Gasteiger partial charge on any atom is 0.230 e. The fourth-order valence-corrected chi connectivity index (χ4v) is 2.47. The second kappa shape index (κ2) is 7.86. The van der Waals surface area contributed by atoms with E-state index in [0.717, 1.165) is 18.2 Å². The van der Waals surface area contributed by atoms with Crippen molar-refractivity contribution in [3.63, 3.8) is 0 Å². The van der Waals surface area contributed by atoms with Crippen molar-refractivity contribution in [1.29, 1.82) is 0 Å². The van der Waals surface area contributed by atoms with E-state index in [1.165, 1.54) is 14.2 Å². The lowest BCUT2D eigenvalue weighted by Crippen LogP contribution is -2.15. The molecule has 0 atom stereocenters. The number of carbonyl (C=O) groups is 1. The minimum atomic E-state index is -0.726. The van der Waals surface area contributed by atoms with E-state index in [4.69, 9.17) is 14.0 Å². The molecule has 0 radical (unpaired) electrons. The minimum absolute atomic E-state index is 0.160. The zero-order valence-electron chi connectivity index (χ0n) is 14.6. The van der Waals surface area contributed by atoms with Gasteiger partial charge in [-0.2, -0.15) is 0 Å². The van der Waals surface area contributed by atoms with Gasteiger partial charge in [0.05, 0.1) is 32.0 Å². The summed E-state index contributed by atoms with van der Waals surface area (Å²) in [5.41, 5.74) is 0.792. The molecular formula is C19H16F2N2O4. The lowest BCUT2D eigenvalue weighted by molar-refractivity contribution is -0.115. The Morgan fingerprint density at radius 1 is 1.07 bits per heavy atom. The summed E-state index contributed by atoms with van der Waals surface area (Å²) in [6, 6.07) is 9.59. The van der Waals surface area contributed by atoms with Crippen LogP contribution in [0.2, 0.25) is 0 Å². The van der Waals surface area contributed by atoms with Gasteiger partial charge in [-0.25, -0.2) is 8.78 Å². The predicted molar refractivity (Wildman–Crippen MR) is 93.7 cm³/mol. The molecule has 0 spiro atoms. The van der Waals surface area contributed by atoms with Crippen LogP contribution < -0.4 is 14.8 Å². The summed E-state index contributed by atoms with van der Waals surface area (Å²) in [5, 5.41) is 6.15. The van der Waals surface area contributed by atoms with Crippen molar-refractivity contribution in [2.24, 2.45) is 0 Å². The third kappa shape index (κ3) is 4.22. The van der Waals surface area contributed by atoms with Crippen LogP contribution in [0.4, 0.5) is 14.5 Å². The molecule has 0 aliphatic carbocycles. The van der Waals surface area contributed by atoms with Crippen LogP contribution in [0, 0.1) is 11.6 Å². The summed E-state index contributed by atoms with van der Waals surface area (Å²) in [7, 11) is 3.05. The predicted octanol–water partition coefficient (Wildman–Crippen LogP) is 3.82. The first-order valence-corrected chi connectivity index (χ1v) is 7.93. The first-order valence-electron chi connectivity index (χ1n) is 7.93. The summed E-state index contributed by atoms with van der Waals surface area (Å²) in [5.74, 6) is -0.410. The van der Waals surface area contributed by atoms with Crippen LogP contribution in [0.25, 0.3) is 11.3 Å². The second-order valence-electron chi connectivity index (χ2n) is 5.60. The molecule has 1 amide bonds. The van der Waals surface area contributed by atoms with Gasteiger partial charge in [-0.05, 0) is 30.3 Å². The van der Waals surface area contributed by atoms with Gasteiger partial charge in [-0.15, -0.1) is 0 Å². The fourth-order valence-electron chi connectivity index (χ4n) is 2.47. The van der Waals surface area contributed by atoms with Gasteiger partial charge in [-0.3, -0.25) is 4.79 Å². The van der Waals surface area contributed by atoms with Crippen LogP contribution in [0.15, 0.2) is 47.0 Å². The Morgan fingerprint density at radius 2 is 1.85 bits per heavy atom. The van der Waals surface area contributed by atoms with E-state index in [1.54, 1.807) is 24.3 Å². The van der Waals surface area contributed by atoms with Crippen LogP contribution in [0.1, 0.15) is 5.69 Å². The molecule has 3 aromatic rings. The zero-order valence-corrected chi connectivity index (χ0v) is 14.6. The topological polar surface area (TPSA) is 73.6 Å². The van der Waals surface area contributed by atoms with Crippen molar-refractivity contribution in [2.45, 2.75) is 6.42 Å². The highest BCUT2D eigenvalue weighted by Crippen LogP contribution is 2.32. The molecule has 0 saturated heterocycles. The molecule has 0 unspecified atom stereocenters. The number of nitrogens with one attached hydrogen (secondary N) is 1. The third-order valence-corrected chi connectivity index (χ3v) is 3.77. The van der Waals surface area contributed by atoms with Gasteiger partial charge < -0.3 is 19.3 Å². The molecule has 0 fully saturated rings. The molecule has 27 heavy (non-hydrogen) atoms.